The van der Waals surface area contributed by atoms with Crippen molar-refractivity contribution in [3.8, 4) is 0 Å². The molecule has 0 saturated carbocycles. The first-order chi connectivity index (χ1) is 7.42. The van der Waals surface area contributed by atoms with E-state index in [1.165, 1.54) is 10.6 Å². The molecule has 0 aliphatic carbocycles. The highest BCUT2D eigenvalue weighted by Gasteiger charge is 2.15. The summed E-state index contributed by atoms with van der Waals surface area (Å²) in [5.74, 6) is 0. The predicted molar refractivity (Wildman–Crippen MR) is 74.1 cm³/mol. The average molecular weight is 231 g/mol. The van der Waals surface area contributed by atoms with E-state index in [4.69, 9.17) is 0 Å². The Balaban J connectivity index is 2.44. The van der Waals surface area contributed by atoms with E-state index in [1.54, 1.807) is 0 Å². The van der Waals surface area contributed by atoms with Gasteiger partial charge in [0.15, 0.2) is 18.2 Å². The Labute approximate surface area is 96.8 Å². The van der Waals surface area contributed by atoms with Crippen molar-refractivity contribution in [3.63, 3.8) is 0 Å². The van der Waals surface area contributed by atoms with Crippen molar-refractivity contribution in [3.05, 3.63) is 60.7 Å². The minimum atomic E-state index is -0.409. The predicted octanol–water partition coefficient (Wildman–Crippen LogP) is 2.81. The van der Waals surface area contributed by atoms with Crippen LogP contribution in [-0.2, 0) is 0 Å². The second-order valence-corrected chi connectivity index (χ2v) is 5.85. The molecule has 0 N–H and O–H groups in total. The number of hydrogen-bond acceptors (Lipinski definition) is 0. The van der Waals surface area contributed by atoms with Gasteiger partial charge >= 0.3 is 0 Å². The molecule has 74 valence electrons. The largest absolute Gasteiger partial charge is 0.176 e. The molecule has 0 fully saturated rings. The SMILES string of the molecule is SC=[P+](c1ccccc1)c1ccccc1. The molecule has 0 spiro atoms. The van der Waals surface area contributed by atoms with E-state index in [0.29, 0.717) is 0 Å². The number of rotatable bonds is 2. The van der Waals surface area contributed by atoms with Gasteiger partial charge in [-0.05, 0) is 24.3 Å². The van der Waals surface area contributed by atoms with Crippen LogP contribution in [0, 0.1) is 0 Å². The van der Waals surface area contributed by atoms with Gasteiger partial charge in [0.25, 0.3) is 0 Å². The van der Waals surface area contributed by atoms with Crippen LogP contribution < -0.4 is 10.6 Å². The number of thiol groups is 1. The van der Waals surface area contributed by atoms with Crippen LogP contribution in [0.4, 0.5) is 0 Å². The highest BCUT2D eigenvalue weighted by molar-refractivity contribution is 8.05. The minimum Gasteiger partial charge on any atom is -0.106 e. The molecule has 2 aromatic rings. The summed E-state index contributed by atoms with van der Waals surface area (Å²) < 4.78 is 0. The van der Waals surface area contributed by atoms with Crippen LogP contribution in [0.15, 0.2) is 60.7 Å². The van der Waals surface area contributed by atoms with Gasteiger partial charge in [-0.25, -0.2) is 0 Å². The van der Waals surface area contributed by atoms with Crippen molar-refractivity contribution in [2.45, 2.75) is 0 Å². The molecular weight excluding hydrogens is 219 g/mol. The van der Waals surface area contributed by atoms with Crippen LogP contribution in [0.2, 0.25) is 0 Å². The van der Waals surface area contributed by atoms with E-state index < -0.39 is 7.55 Å². The van der Waals surface area contributed by atoms with Crippen molar-refractivity contribution >= 4 is 35.9 Å². The molecule has 0 amide bonds. The molecule has 2 heteroatoms. The van der Waals surface area contributed by atoms with Crippen LogP contribution in [0.3, 0.4) is 0 Å². The van der Waals surface area contributed by atoms with Gasteiger partial charge in [0, 0.05) is 0 Å². The zero-order valence-corrected chi connectivity index (χ0v) is 10.0. The third-order valence-corrected chi connectivity index (χ3v) is 4.82. The van der Waals surface area contributed by atoms with Gasteiger partial charge in [0.1, 0.15) is 5.13 Å². The van der Waals surface area contributed by atoms with Crippen LogP contribution in [-0.4, -0.2) is 5.13 Å². The first-order valence-corrected chi connectivity index (χ1v) is 6.71. The lowest BCUT2D eigenvalue weighted by Crippen LogP contribution is -2.06. The summed E-state index contributed by atoms with van der Waals surface area (Å²) in [7, 11) is -0.409. The number of hydrogen-bond donors (Lipinski definition) is 1. The molecule has 0 aliphatic heterocycles. The standard InChI is InChI=1S/C13H11PS/c15-11-14(12-7-3-1-4-8-12)13-9-5-2-6-10-13/h1-11H/p+1. The van der Waals surface area contributed by atoms with Gasteiger partial charge < -0.3 is 0 Å². The van der Waals surface area contributed by atoms with Crippen LogP contribution in [0.1, 0.15) is 0 Å². The Bertz CT molecular complexity index is 407. The second kappa shape index (κ2) is 5.16. The molecule has 2 rings (SSSR count). The van der Waals surface area contributed by atoms with Crippen LogP contribution >= 0.6 is 20.2 Å². The topological polar surface area (TPSA) is 0 Å². The van der Waals surface area contributed by atoms with E-state index in [1.807, 2.05) is 17.3 Å². The van der Waals surface area contributed by atoms with Gasteiger partial charge in [0.2, 0.25) is 0 Å². The first kappa shape index (κ1) is 10.5. The molecule has 15 heavy (non-hydrogen) atoms. The molecule has 0 aliphatic rings. The molecule has 0 bridgehead atoms. The summed E-state index contributed by atoms with van der Waals surface area (Å²) in [6.07, 6.45) is 0. The van der Waals surface area contributed by atoms with Gasteiger partial charge in [-0.3, -0.25) is 0 Å². The summed E-state index contributed by atoms with van der Waals surface area (Å²) in [6, 6.07) is 21.0. The summed E-state index contributed by atoms with van der Waals surface area (Å²) in [6.45, 7) is 0. The fourth-order valence-corrected chi connectivity index (χ4v) is 3.81. The van der Waals surface area contributed by atoms with Crippen molar-refractivity contribution in [1.29, 1.82) is 0 Å². The lowest BCUT2D eigenvalue weighted by Gasteiger charge is -1.94. The molecule has 2 aromatic carbocycles. The lowest BCUT2D eigenvalue weighted by atomic mass is 10.4. The van der Waals surface area contributed by atoms with Gasteiger partial charge in [0.05, 0.1) is 0 Å². The monoisotopic (exact) mass is 231 g/mol. The summed E-state index contributed by atoms with van der Waals surface area (Å²) >= 11 is 4.34. The smallest absolute Gasteiger partial charge is 0.106 e. The zero-order valence-electron chi connectivity index (χ0n) is 8.25. The molecule has 0 saturated heterocycles. The van der Waals surface area contributed by atoms with Crippen molar-refractivity contribution in [1.82, 2.24) is 0 Å². The van der Waals surface area contributed by atoms with E-state index in [2.05, 4.69) is 61.2 Å². The summed E-state index contributed by atoms with van der Waals surface area (Å²) in [4.78, 5) is 0. The maximum absolute atomic E-state index is 4.34. The van der Waals surface area contributed by atoms with Crippen LogP contribution in [0.25, 0.3) is 0 Å². The fourth-order valence-electron chi connectivity index (χ4n) is 1.46. The maximum Gasteiger partial charge on any atom is 0.176 e. The molecule has 0 nitrogen and oxygen atoms in total. The highest BCUT2D eigenvalue weighted by Crippen LogP contribution is 2.20. The zero-order chi connectivity index (χ0) is 10.5. The van der Waals surface area contributed by atoms with Crippen LogP contribution in [0.5, 0.6) is 0 Å². The Morgan fingerprint density at radius 2 is 1.13 bits per heavy atom. The molecule has 0 atom stereocenters. The Hall–Kier alpha value is -1.04. The molecule has 0 unspecified atom stereocenters. The average Bonchev–Trinajstić information content (AvgIpc) is 2.33. The Kier molecular flexibility index (Phi) is 3.60. The molecule has 0 radical (unpaired) electrons. The minimum absolute atomic E-state index is 0.409. The second-order valence-electron chi connectivity index (χ2n) is 3.16. The van der Waals surface area contributed by atoms with E-state index >= 15 is 0 Å². The van der Waals surface area contributed by atoms with Gasteiger partial charge in [-0.2, -0.15) is 0 Å². The Morgan fingerprint density at radius 1 is 0.733 bits per heavy atom. The van der Waals surface area contributed by atoms with Crippen molar-refractivity contribution in [2.24, 2.45) is 0 Å². The Morgan fingerprint density at radius 3 is 1.47 bits per heavy atom. The van der Waals surface area contributed by atoms with Gasteiger partial charge in [-0.1, -0.05) is 36.4 Å². The van der Waals surface area contributed by atoms with E-state index in [-0.39, 0.29) is 0 Å². The maximum atomic E-state index is 4.34. The fraction of sp³-hybridized carbons (Fsp3) is 0. The first-order valence-electron chi connectivity index (χ1n) is 4.78. The molecule has 0 aromatic heterocycles. The molecular formula is C13H12PS+. The van der Waals surface area contributed by atoms with Crippen molar-refractivity contribution in [2.75, 3.05) is 0 Å². The normalized spacial score (nSPS) is 9.67. The van der Waals surface area contributed by atoms with E-state index in [0.717, 1.165) is 0 Å². The lowest BCUT2D eigenvalue weighted by molar-refractivity contribution is 1.76. The third kappa shape index (κ3) is 2.50. The van der Waals surface area contributed by atoms with E-state index in [9.17, 15) is 0 Å². The molecule has 0 heterocycles. The third-order valence-electron chi connectivity index (χ3n) is 2.18. The quantitative estimate of drug-likeness (QED) is 0.596. The summed E-state index contributed by atoms with van der Waals surface area (Å²) in [5.41, 5.74) is 0. The highest BCUT2D eigenvalue weighted by atomic mass is 32.1. The van der Waals surface area contributed by atoms with Gasteiger partial charge in [-0.15, -0.1) is 12.6 Å². The summed E-state index contributed by atoms with van der Waals surface area (Å²) in [5, 5.41) is 4.68. The van der Waals surface area contributed by atoms with Crippen molar-refractivity contribution < 1.29 is 0 Å². The number of benzene rings is 2.